The molecule has 1 saturated carbocycles. The van der Waals surface area contributed by atoms with Crippen LogP contribution in [0.15, 0.2) is 27.5 Å². The van der Waals surface area contributed by atoms with Crippen LogP contribution in [0, 0.1) is 0 Å². The van der Waals surface area contributed by atoms with E-state index in [1.807, 2.05) is 22.9 Å². The summed E-state index contributed by atoms with van der Waals surface area (Å²) in [6.07, 6.45) is 1.84. The zero-order valence-corrected chi connectivity index (χ0v) is 12.6. The molecule has 6 heteroatoms. The van der Waals surface area contributed by atoms with Gasteiger partial charge in [-0.1, -0.05) is 0 Å². The average Bonchev–Trinajstić information content (AvgIpc) is 3.11. The Labute approximate surface area is 124 Å². The summed E-state index contributed by atoms with van der Waals surface area (Å²) in [5.41, 5.74) is 0.938. The first-order valence-corrected chi connectivity index (χ1v) is 7.94. The standard InChI is InChI=1S/C13H14BrN3OS/c14-11-5-12(17-13(16-11)8-1-2-8)15-6-10(18)9-3-4-19-7-9/h3-5,7-8,10,18H,1-2,6H2,(H,15,16,17). The number of hydrogen-bond acceptors (Lipinski definition) is 5. The van der Waals surface area contributed by atoms with Gasteiger partial charge in [-0.15, -0.1) is 0 Å². The van der Waals surface area contributed by atoms with Gasteiger partial charge in [0.15, 0.2) is 0 Å². The second-order valence-electron chi connectivity index (χ2n) is 4.66. The van der Waals surface area contributed by atoms with Crippen molar-refractivity contribution in [1.82, 2.24) is 9.97 Å². The lowest BCUT2D eigenvalue weighted by molar-refractivity contribution is 0.192. The fourth-order valence-electron chi connectivity index (χ4n) is 1.83. The molecule has 0 bridgehead atoms. The van der Waals surface area contributed by atoms with E-state index in [4.69, 9.17) is 0 Å². The number of thiophene rings is 1. The van der Waals surface area contributed by atoms with Crippen molar-refractivity contribution in [1.29, 1.82) is 0 Å². The van der Waals surface area contributed by atoms with E-state index < -0.39 is 6.10 Å². The van der Waals surface area contributed by atoms with Crippen LogP contribution in [0.4, 0.5) is 5.82 Å². The Kier molecular flexibility index (Phi) is 3.81. The molecule has 2 heterocycles. The molecule has 0 spiro atoms. The van der Waals surface area contributed by atoms with Gasteiger partial charge in [-0.25, -0.2) is 9.97 Å². The molecule has 2 N–H and O–H groups in total. The summed E-state index contributed by atoms with van der Waals surface area (Å²) in [5, 5.41) is 17.1. The molecular weight excluding hydrogens is 326 g/mol. The summed E-state index contributed by atoms with van der Waals surface area (Å²) < 4.78 is 0.789. The third-order valence-electron chi connectivity index (χ3n) is 3.06. The van der Waals surface area contributed by atoms with E-state index in [1.54, 1.807) is 11.3 Å². The maximum atomic E-state index is 10.0. The molecular formula is C13H14BrN3OS. The molecule has 0 aromatic carbocycles. The summed E-state index contributed by atoms with van der Waals surface area (Å²) in [6, 6.07) is 3.77. The fraction of sp³-hybridized carbons (Fsp3) is 0.385. The highest BCUT2D eigenvalue weighted by Crippen LogP contribution is 2.38. The predicted molar refractivity (Wildman–Crippen MR) is 79.5 cm³/mol. The minimum absolute atomic E-state index is 0.449. The van der Waals surface area contributed by atoms with Gasteiger partial charge >= 0.3 is 0 Å². The molecule has 1 unspecified atom stereocenters. The predicted octanol–water partition coefficient (Wildman–Crippen LogP) is 3.32. The van der Waals surface area contributed by atoms with E-state index in [1.165, 1.54) is 12.8 Å². The number of aliphatic hydroxyl groups excluding tert-OH is 1. The first kappa shape index (κ1) is 13.0. The Morgan fingerprint density at radius 3 is 3.00 bits per heavy atom. The lowest BCUT2D eigenvalue weighted by Gasteiger charge is -2.12. The Balaban J connectivity index is 1.66. The molecule has 19 heavy (non-hydrogen) atoms. The van der Waals surface area contributed by atoms with Crippen molar-refractivity contribution in [2.75, 3.05) is 11.9 Å². The van der Waals surface area contributed by atoms with Gasteiger partial charge in [-0.05, 0) is 51.2 Å². The molecule has 3 rings (SSSR count). The topological polar surface area (TPSA) is 58.0 Å². The van der Waals surface area contributed by atoms with E-state index in [0.29, 0.717) is 12.5 Å². The van der Waals surface area contributed by atoms with Crippen molar-refractivity contribution >= 4 is 33.1 Å². The minimum atomic E-state index is -0.510. The first-order valence-electron chi connectivity index (χ1n) is 6.21. The Morgan fingerprint density at radius 2 is 2.32 bits per heavy atom. The van der Waals surface area contributed by atoms with Crippen molar-refractivity contribution in [3.05, 3.63) is 38.9 Å². The Morgan fingerprint density at radius 1 is 1.47 bits per heavy atom. The van der Waals surface area contributed by atoms with Crippen LogP contribution in [0.2, 0.25) is 0 Å². The Bertz CT molecular complexity index is 557. The molecule has 1 aliphatic carbocycles. The van der Waals surface area contributed by atoms with Crippen molar-refractivity contribution < 1.29 is 5.11 Å². The highest BCUT2D eigenvalue weighted by molar-refractivity contribution is 9.10. The van der Waals surface area contributed by atoms with Gasteiger partial charge in [0.2, 0.25) is 0 Å². The first-order chi connectivity index (χ1) is 9.22. The number of nitrogens with zero attached hydrogens (tertiary/aromatic N) is 2. The summed E-state index contributed by atoms with van der Waals surface area (Å²) in [6.45, 7) is 0.449. The van der Waals surface area contributed by atoms with Crippen molar-refractivity contribution in [2.24, 2.45) is 0 Å². The Hall–Kier alpha value is -0.980. The zero-order chi connectivity index (χ0) is 13.2. The molecule has 1 aliphatic rings. The second-order valence-corrected chi connectivity index (χ2v) is 6.25. The van der Waals surface area contributed by atoms with Crippen molar-refractivity contribution in [3.8, 4) is 0 Å². The number of halogens is 1. The monoisotopic (exact) mass is 339 g/mol. The van der Waals surface area contributed by atoms with Crippen LogP contribution < -0.4 is 5.32 Å². The molecule has 1 fully saturated rings. The van der Waals surface area contributed by atoms with Gasteiger partial charge in [0, 0.05) is 18.5 Å². The van der Waals surface area contributed by atoms with Crippen LogP contribution in [0.25, 0.3) is 0 Å². The lowest BCUT2D eigenvalue weighted by atomic mass is 10.2. The normalized spacial score (nSPS) is 16.3. The van der Waals surface area contributed by atoms with Crippen LogP contribution in [0.3, 0.4) is 0 Å². The molecule has 100 valence electrons. The van der Waals surface area contributed by atoms with Crippen LogP contribution in [0.1, 0.15) is 36.3 Å². The molecule has 0 amide bonds. The number of aromatic nitrogens is 2. The van der Waals surface area contributed by atoms with Gasteiger partial charge in [-0.2, -0.15) is 11.3 Å². The molecule has 4 nitrogen and oxygen atoms in total. The van der Waals surface area contributed by atoms with Crippen molar-refractivity contribution in [3.63, 3.8) is 0 Å². The smallest absolute Gasteiger partial charge is 0.135 e. The van der Waals surface area contributed by atoms with Gasteiger partial charge in [0.1, 0.15) is 16.2 Å². The summed E-state index contributed by atoms with van der Waals surface area (Å²) >= 11 is 4.99. The van der Waals surface area contributed by atoms with Crippen LogP contribution in [-0.4, -0.2) is 21.6 Å². The second kappa shape index (κ2) is 5.56. The molecule has 2 aromatic rings. The minimum Gasteiger partial charge on any atom is -0.387 e. The van der Waals surface area contributed by atoms with Crippen LogP contribution >= 0.6 is 27.3 Å². The number of aliphatic hydroxyl groups is 1. The van der Waals surface area contributed by atoms with E-state index >= 15 is 0 Å². The number of rotatable bonds is 5. The largest absolute Gasteiger partial charge is 0.387 e. The van der Waals surface area contributed by atoms with Crippen LogP contribution in [0.5, 0.6) is 0 Å². The number of hydrogen-bond donors (Lipinski definition) is 2. The van der Waals surface area contributed by atoms with E-state index in [0.717, 1.165) is 21.8 Å². The molecule has 0 saturated heterocycles. The maximum Gasteiger partial charge on any atom is 0.135 e. The van der Waals surface area contributed by atoms with Gasteiger partial charge in [0.05, 0.1) is 6.10 Å². The molecule has 0 aliphatic heterocycles. The summed E-state index contributed by atoms with van der Waals surface area (Å²) in [5.74, 6) is 2.17. The van der Waals surface area contributed by atoms with E-state index in [2.05, 4.69) is 31.2 Å². The highest BCUT2D eigenvalue weighted by Gasteiger charge is 2.27. The molecule has 1 atom stereocenters. The fourth-order valence-corrected chi connectivity index (χ4v) is 2.94. The zero-order valence-electron chi connectivity index (χ0n) is 10.2. The third-order valence-corrected chi connectivity index (χ3v) is 4.17. The average molecular weight is 340 g/mol. The number of nitrogens with one attached hydrogen (secondary N) is 1. The van der Waals surface area contributed by atoms with E-state index in [9.17, 15) is 5.11 Å². The number of anilines is 1. The summed E-state index contributed by atoms with van der Waals surface area (Å²) in [7, 11) is 0. The highest BCUT2D eigenvalue weighted by atomic mass is 79.9. The lowest BCUT2D eigenvalue weighted by Crippen LogP contribution is -2.13. The molecule has 2 aromatic heterocycles. The maximum absolute atomic E-state index is 10.0. The summed E-state index contributed by atoms with van der Waals surface area (Å²) in [4.78, 5) is 8.87. The SMILES string of the molecule is OC(CNc1cc(Br)nc(C2CC2)n1)c1ccsc1. The van der Waals surface area contributed by atoms with Gasteiger partial charge in [-0.3, -0.25) is 0 Å². The van der Waals surface area contributed by atoms with Crippen molar-refractivity contribution in [2.45, 2.75) is 24.9 Å². The van der Waals surface area contributed by atoms with Gasteiger partial charge < -0.3 is 10.4 Å². The van der Waals surface area contributed by atoms with Gasteiger partial charge in [0.25, 0.3) is 0 Å². The molecule has 0 radical (unpaired) electrons. The van der Waals surface area contributed by atoms with Crippen LogP contribution in [-0.2, 0) is 0 Å². The van der Waals surface area contributed by atoms with E-state index in [-0.39, 0.29) is 0 Å². The third kappa shape index (κ3) is 3.32. The quantitative estimate of drug-likeness (QED) is 0.820.